The Morgan fingerprint density at radius 3 is 2.30 bits per heavy atom. The van der Waals surface area contributed by atoms with Gasteiger partial charge in [-0.2, -0.15) is 9.49 Å². The summed E-state index contributed by atoms with van der Waals surface area (Å²) in [5, 5.41) is 18.3. The van der Waals surface area contributed by atoms with Crippen molar-refractivity contribution in [1.29, 1.82) is 0 Å². The number of aromatic nitrogens is 2. The highest BCUT2D eigenvalue weighted by atomic mass is 19.1. The molecule has 2 saturated heterocycles. The Labute approximate surface area is 368 Å². The normalized spacial score (nSPS) is 20.9. The van der Waals surface area contributed by atoms with Crippen LogP contribution in [0.4, 0.5) is 14.5 Å². The van der Waals surface area contributed by atoms with Crippen molar-refractivity contribution < 1.29 is 37.2 Å². The summed E-state index contributed by atoms with van der Waals surface area (Å²) in [7, 11) is 6.01. The first-order chi connectivity index (χ1) is 29.9. The molecule has 4 amide bonds. The van der Waals surface area contributed by atoms with E-state index < -0.39 is 23.6 Å². The van der Waals surface area contributed by atoms with Crippen LogP contribution in [-0.2, 0) is 21.4 Å². The van der Waals surface area contributed by atoms with Gasteiger partial charge in [-0.25, -0.2) is 9.37 Å². The second-order valence-electron chi connectivity index (χ2n) is 16.6. The van der Waals surface area contributed by atoms with Crippen LogP contribution in [0.5, 0.6) is 0 Å². The van der Waals surface area contributed by atoms with Gasteiger partial charge in [-0.15, -0.1) is 23.0 Å². The van der Waals surface area contributed by atoms with Gasteiger partial charge in [0.15, 0.2) is 5.82 Å². The number of imidazole rings is 1. The Morgan fingerprint density at radius 2 is 1.71 bits per heavy atom. The largest absolute Gasteiger partial charge is 0.339 e. The van der Waals surface area contributed by atoms with E-state index in [2.05, 4.69) is 57.9 Å². The van der Waals surface area contributed by atoms with Gasteiger partial charge in [0.05, 0.1) is 33.1 Å². The second kappa shape index (κ2) is 22.1. The number of piperazine rings is 1. The molecule has 16 nitrogen and oxygen atoms in total. The molecule has 0 radical (unpaired) electrons. The molecule has 0 bridgehead atoms. The number of amides is 4. The number of carbonyl (C=O) groups is 5. The average Bonchev–Trinajstić information content (AvgIpc) is 3.94. The third kappa shape index (κ3) is 12.8. The molecule has 338 valence electrons. The fraction of sp³-hybridized carbons (Fsp3) is 0.489. The first kappa shape index (κ1) is 49.3. The van der Waals surface area contributed by atoms with Gasteiger partial charge >= 0.3 is 0 Å². The molecule has 1 aromatic heterocycles. The van der Waals surface area contributed by atoms with Crippen molar-refractivity contribution in [2.45, 2.75) is 59.8 Å². The Morgan fingerprint density at radius 1 is 1.05 bits per heavy atom. The van der Waals surface area contributed by atoms with Crippen LogP contribution in [-0.4, -0.2) is 143 Å². The number of rotatable bonds is 10. The zero-order valence-electron chi connectivity index (χ0n) is 37.5. The Kier molecular flexibility index (Phi) is 17.3. The van der Waals surface area contributed by atoms with Crippen LogP contribution < -0.4 is 10.6 Å². The quantitative estimate of drug-likeness (QED) is 0.0876. The van der Waals surface area contributed by atoms with Crippen molar-refractivity contribution in [1.82, 2.24) is 29.7 Å². The number of nitrogens with one attached hydrogen (secondary N) is 2. The smallest absolute Gasteiger partial charge is 0.291 e. The zero-order valence-corrected chi connectivity index (χ0v) is 37.5. The number of carbonyl (C=O) groups excluding carboxylic acids is 5. The van der Waals surface area contributed by atoms with Crippen molar-refractivity contribution in [3.8, 4) is 12.8 Å². The Bertz CT molecular complexity index is 2210. The Hall–Kier alpha value is -6.35. The lowest BCUT2D eigenvalue weighted by molar-refractivity contribution is -0.878. The summed E-state index contributed by atoms with van der Waals surface area (Å²) in [6.07, 6.45) is 15.8. The van der Waals surface area contributed by atoms with Gasteiger partial charge in [0.25, 0.3) is 11.8 Å². The van der Waals surface area contributed by atoms with Crippen LogP contribution >= 0.6 is 0 Å². The molecule has 2 fully saturated rings. The van der Waals surface area contributed by atoms with E-state index in [1.165, 1.54) is 13.0 Å². The lowest BCUT2D eigenvalue weighted by Gasteiger charge is -2.36. The van der Waals surface area contributed by atoms with Gasteiger partial charge < -0.3 is 34.3 Å². The number of aldehydes is 1. The number of quaternary nitrogens is 1. The number of halogens is 2. The van der Waals surface area contributed by atoms with E-state index in [1.54, 1.807) is 52.8 Å². The summed E-state index contributed by atoms with van der Waals surface area (Å²) in [5.74, 6) is -2.30. The SMILES string of the molecule is C#C.CC1=NN(CC(=O)N/C(C)=N/N=C(\C)F)CC1C1=CCC(c2cnc(C(=O)Nc3ccc(C(=O)N4CCN(C(=O)C5CC[N+](C)(C)C5)CC4)c(C)c3)n2C)C=C1F.CCC=O. The number of hydrogen-bond acceptors (Lipinski definition) is 10. The van der Waals surface area contributed by atoms with Crippen molar-refractivity contribution in [2.75, 3.05) is 71.8 Å². The topological polar surface area (TPSA) is 174 Å². The number of aryl methyl sites for hydroxylation is 1. The summed E-state index contributed by atoms with van der Waals surface area (Å²) >= 11 is 0. The number of anilines is 1. The molecule has 18 heteroatoms. The number of likely N-dealkylation sites (tertiary alicyclic amines) is 1. The molecule has 63 heavy (non-hydrogen) atoms. The fourth-order valence-corrected chi connectivity index (χ4v) is 8.07. The third-order valence-corrected chi connectivity index (χ3v) is 11.3. The average molecular weight is 873 g/mol. The first-order valence-corrected chi connectivity index (χ1v) is 20.9. The monoisotopic (exact) mass is 872 g/mol. The van der Waals surface area contributed by atoms with E-state index in [-0.39, 0.29) is 47.8 Å². The van der Waals surface area contributed by atoms with Crippen molar-refractivity contribution in [2.24, 2.45) is 34.2 Å². The molecule has 4 heterocycles. The van der Waals surface area contributed by atoms with E-state index >= 15 is 4.39 Å². The predicted molar refractivity (Wildman–Crippen MR) is 239 cm³/mol. The van der Waals surface area contributed by atoms with Gasteiger partial charge in [0.2, 0.25) is 17.8 Å². The first-order valence-electron chi connectivity index (χ1n) is 20.9. The third-order valence-electron chi connectivity index (χ3n) is 11.3. The van der Waals surface area contributed by atoms with E-state index in [4.69, 9.17) is 0 Å². The fourth-order valence-electron chi connectivity index (χ4n) is 8.07. The highest BCUT2D eigenvalue weighted by Crippen LogP contribution is 2.37. The van der Waals surface area contributed by atoms with Crippen LogP contribution in [0.2, 0.25) is 0 Å². The molecule has 0 spiro atoms. The predicted octanol–water partition coefficient (Wildman–Crippen LogP) is 4.62. The minimum absolute atomic E-state index is 0.0428. The highest BCUT2D eigenvalue weighted by Gasteiger charge is 2.39. The molecule has 3 aliphatic heterocycles. The summed E-state index contributed by atoms with van der Waals surface area (Å²) in [5.41, 5.74) is 3.57. The molecule has 3 atom stereocenters. The van der Waals surface area contributed by atoms with Crippen molar-refractivity contribution in [3.63, 3.8) is 0 Å². The van der Waals surface area contributed by atoms with E-state index in [1.807, 2.05) is 24.8 Å². The summed E-state index contributed by atoms with van der Waals surface area (Å²) < 4.78 is 31.1. The van der Waals surface area contributed by atoms with Gasteiger partial charge in [-0.05, 0) is 62.6 Å². The molecule has 0 saturated carbocycles. The molecule has 3 unspecified atom stereocenters. The second-order valence-corrected chi connectivity index (χ2v) is 16.6. The van der Waals surface area contributed by atoms with Crippen LogP contribution in [0.15, 0.2) is 63.3 Å². The number of allylic oxidation sites excluding steroid dienone is 3. The van der Waals surface area contributed by atoms with Crippen molar-refractivity contribution >= 4 is 53.1 Å². The number of benzene rings is 1. The highest BCUT2D eigenvalue weighted by molar-refractivity contribution is 6.03. The molecule has 1 aromatic carbocycles. The van der Waals surface area contributed by atoms with Crippen LogP contribution in [0.3, 0.4) is 0 Å². The maximum atomic E-state index is 15.7. The Balaban J connectivity index is 0.00000137. The standard InChI is InChI=1S/C40H51F2N11O4.C3H6O.C2H2/c1-24-18-30(9-11-31(24)40(57)51-15-13-50(14-16-51)39(56)29-12-17-53(6,7)23-29)45-38(55)37-43-20-35(49(37)5)28-8-10-32(34(42)19-28)33-21-52(48-25(33)2)22-36(54)44-27(4)47-46-26(3)41;1-2-3-4;1-2/h9-11,18-20,28-29,33H,8,12-17,21-23H2,1-7H3,(H-,44,45,47,54,55,57);3H,2H2,1H3;1-2H/p+1/b46-26+;;. The number of nitrogens with zero attached hydrogens (tertiary/aromatic N) is 9. The summed E-state index contributed by atoms with van der Waals surface area (Å²) in [4.78, 5) is 69.7. The summed E-state index contributed by atoms with van der Waals surface area (Å²) in [6, 6.07) is 5.15. The van der Waals surface area contributed by atoms with Crippen LogP contribution in [0.1, 0.15) is 85.1 Å². The van der Waals surface area contributed by atoms with Crippen molar-refractivity contribution in [3.05, 3.63) is 70.6 Å². The maximum Gasteiger partial charge on any atom is 0.291 e. The van der Waals surface area contributed by atoms with Gasteiger partial charge in [-0.3, -0.25) is 24.2 Å². The van der Waals surface area contributed by atoms with Crippen LogP contribution in [0.25, 0.3) is 0 Å². The lowest BCUT2D eigenvalue weighted by Crippen LogP contribution is -2.52. The molecule has 4 aliphatic rings. The minimum Gasteiger partial charge on any atom is -0.339 e. The molecular weight excluding hydrogens is 813 g/mol. The number of hydrazone groups is 1. The van der Waals surface area contributed by atoms with E-state index in [0.29, 0.717) is 79.4 Å². The molecule has 2 aromatic rings. The zero-order chi connectivity index (χ0) is 46.6. The van der Waals surface area contributed by atoms with E-state index in [0.717, 1.165) is 37.2 Å². The van der Waals surface area contributed by atoms with Crippen LogP contribution in [0, 0.1) is 31.6 Å². The van der Waals surface area contributed by atoms with Gasteiger partial charge in [-0.1, -0.05) is 13.0 Å². The number of hydrogen-bond donors (Lipinski definition) is 2. The molecule has 6 rings (SSSR count). The van der Waals surface area contributed by atoms with Gasteiger partial charge in [0.1, 0.15) is 24.5 Å². The molecule has 2 N–H and O–H groups in total. The van der Waals surface area contributed by atoms with Gasteiger partial charge in [0, 0.05) is 100 Å². The maximum absolute atomic E-state index is 15.7. The number of amidine groups is 1. The number of terminal acetylenes is 1. The molecule has 1 aliphatic carbocycles. The minimum atomic E-state index is -0.734. The molecular formula is C45H60F2N11O5+. The van der Waals surface area contributed by atoms with E-state index in [9.17, 15) is 28.4 Å². The lowest BCUT2D eigenvalue weighted by atomic mass is 9.86. The summed E-state index contributed by atoms with van der Waals surface area (Å²) in [6.45, 7) is 12.1.